The molecule has 2 N–H and O–H groups in total. The van der Waals surface area contributed by atoms with E-state index in [0.29, 0.717) is 10.7 Å². The predicted molar refractivity (Wildman–Crippen MR) is 66.8 cm³/mol. The van der Waals surface area contributed by atoms with Crippen molar-refractivity contribution in [3.8, 4) is 11.3 Å². The molecule has 0 unspecified atom stereocenters. The second-order valence-corrected chi connectivity index (χ2v) is 4.33. The van der Waals surface area contributed by atoms with Crippen LogP contribution in [0.5, 0.6) is 0 Å². The van der Waals surface area contributed by atoms with Crippen LogP contribution in [0.3, 0.4) is 0 Å². The van der Waals surface area contributed by atoms with Crippen molar-refractivity contribution in [1.82, 2.24) is 4.98 Å². The molecule has 0 aliphatic carbocycles. The predicted octanol–water partition coefficient (Wildman–Crippen LogP) is 3.75. The highest BCUT2D eigenvalue weighted by Gasteiger charge is 2.05. The molecule has 0 bridgehead atoms. The molecule has 0 amide bonds. The molecule has 1 heterocycles. The lowest BCUT2D eigenvalue weighted by atomic mass is 10.1. The number of nitrogens with two attached hydrogens (primary N) is 1. The number of hydrogen-bond acceptors (Lipinski definition) is 2. The first-order valence-electron chi connectivity index (χ1n) is 4.34. The second-order valence-electron chi connectivity index (χ2n) is 3.07. The number of benzene rings is 1. The van der Waals surface area contributed by atoms with Crippen molar-refractivity contribution >= 4 is 33.2 Å². The molecule has 0 saturated heterocycles. The van der Waals surface area contributed by atoms with E-state index in [-0.39, 0.29) is 0 Å². The summed E-state index contributed by atoms with van der Waals surface area (Å²) in [5.41, 5.74) is 7.99. The lowest BCUT2D eigenvalue weighted by Gasteiger charge is -2.04. The van der Waals surface area contributed by atoms with Gasteiger partial charge >= 0.3 is 0 Å². The highest BCUT2D eigenvalue weighted by atomic mass is 79.9. The molecule has 2 aromatic rings. The van der Waals surface area contributed by atoms with Gasteiger partial charge in [-0.15, -0.1) is 0 Å². The quantitative estimate of drug-likeness (QED) is 0.866. The molecule has 1 aromatic heterocycles. The third kappa shape index (κ3) is 2.13. The van der Waals surface area contributed by atoms with Crippen LogP contribution in [0.25, 0.3) is 11.3 Å². The number of nitrogen functional groups attached to an aromatic ring is 1. The highest BCUT2D eigenvalue weighted by molar-refractivity contribution is 9.10. The Morgan fingerprint density at radius 3 is 2.67 bits per heavy atom. The Bertz CT molecular complexity index is 500. The molecule has 0 saturated carbocycles. The molecule has 2 nitrogen and oxygen atoms in total. The minimum absolute atomic E-state index is 0.616. The molecule has 76 valence electrons. The molecular formula is C11H8BrClN2. The summed E-state index contributed by atoms with van der Waals surface area (Å²) in [4.78, 5) is 4.23. The molecule has 15 heavy (non-hydrogen) atoms. The lowest BCUT2D eigenvalue weighted by Crippen LogP contribution is -1.90. The summed E-state index contributed by atoms with van der Waals surface area (Å²) in [5, 5.41) is 0.682. The standard InChI is InChI=1S/C11H8BrClN2/c12-8-5-11(15-6-10(8)14)7-3-1-2-4-9(7)13/h1-6H,14H2. The van der Waals surface area contributed by atoms with Crippen molar-refractivity contribution in [3.63, 3.8) is 0 Å². The molecule has 0 radical (unpaired) electrons. The molecule has 0 atom stereocenters. The van der Waals surface area contributed by atoms with Crippen LogP contribution in [-0.2, 0) is 0 Å². The van der Waals surface area contributed by atoms with Gasteiger partial charge in [-0.3, -0.25) is 4.98 Å². The van der Waals surface area contributed by atoms with Gasteiger partial charge in [0, 0.05) is 15.1 Å². The van der Waals surface area contributed by atoms with Crippen molar-refractivity contribution < 1.29 is 0 Å². The number of halogens is 2. The Hall–Kier alpha value is -1.06. The SMILES string of the molecule is Nc1cnc(-c2ccccc2Cl)cc1Br. The molecule has 2 rings (SSSR count). The van der Waals surface area contributed by atoms with Crippen molar-refractivity contribution in [3.05, 3.63) is 46.0 Å². The fourth-order valence-electron chi connectivity index (χ4n) is 1.26. The summed E-state index contributed by atoms with van der Waals surface area (Å²) in [6, 6.07) is 9.43. The van der Waals surface area contributed by atoms with Crippen molar-refractivity contribution in [1.29, 1.82) is 0 Å². The fraction of sp³-hybridized carbons (Fsp3) is 0. The number of hydrogen-bond donors (Lipinski definition) is 1. The third-order valence-electron chi connectivity index (χ3n) is 2.03. The van der Waals surface area contributed by atoms with Gasteiger partial charge in [-0.05, 0) is 28.1 Å². The molecular weight excluding hydrogens is 275 g/mol. The van der Waals surface area contributed by atoms with Crippen LogP contribution in [0.15, 0.2) is 41.0 Å². The summed E-state index contributed by atoms with van der Waals surface area (Å²) < 4.78 is 0.826. The number of aromatic nitrogens is 1. The maximum Gasteiger partial charge on any atom is 0.0729 e. The number of rotatable bonds is 1. The third-order valence-corrected chi connectivity index (χ3v) is 3.05. The topological polar surface area (TPSA) is 38.9 Å². The number of pyridine rings is 1. The van der Waals surface area contributed by atoms with Crippen molar-refractivity contribution in [2.24, 2.45) is 0 Å². The Kier molecular flexibility index (Phi) is 2.93. The van der Waals surface area contributed by atoms with Gasteiger partial charge in [-0.1, -0.05) is 29.8 Å². The van der Waals surface area contributed by atoms with E-state index in [4.69, 9.17) is 17.3 Å². The van der Waals surface area contributed by atoms with Crippen LogP contribution < -0.4 is 5.73 Å². The number of anilines is 1. The zero-order chi connectivity index (χ0) is 10.8. The molecule has 0 spiro atoms. The summed E-state index contributed by atoms with van der Waals surface area (Å²) in [5.74, 6) is 0. The second kappa shape index (κ2) is 4.21. The van der Waals surface area contributed by atoms with Crippen LogP contribution in [0.2, 0.25) is 5.02 Å². The maximum absolute atomic E-state index is 6.06. The van der Waals surface area contributed by atoms with Crippen LogP contribution in [-0.4, -0.2) is 4.98 Å². The van der Waals surface area contributed by atoms with Gasteiger partial charge in [0.15, 0.2) is 0 Å². The Morgan fingerprint density at radius 2 is 2.00 bits per heavy atom. The van der Waals surface area contributed by atoms with E-state index in [9.17, 15) is 0 Å². The van der Waals surface area contributed by atoms with Crippen molar-refractivity contribution in [2.75, 3.05) is 5.73 Å². The molecule has 0 aliphatic heterocycles. The van der Waals surface area contributed by atoms with Gasteiger partial charge in [-0.2, -0.15) is 0 Å². The van der Waals surface area contributed by atoms with Crippen LogP contribution in [0, 0.1) is 0 Å². The van der Waals surface area contributed by atoms with E-state index in [1.165, 1.54) is 0 Å². The number of nitrogens with zero attached hydrogens (tertiary/aromatic N) is 1. The monoisotopic (exact) mass is 282 g/mol. The molecule has 4 heteroatoms. The van der Waals surface area contributed by atoms with E-state index < -0.39 is 0 Å². The van der Waals surface area contributed by atoms with E-state index >= 15 is 0 Å². The Labute approximate surface area is 101 Å². The smallest absolute Gasteiger partial charge is 0.0729 e. The lowest BCUT2D eigenvalue weighted by molar-refractivity contribution is 1.32. The minimum Gasteiger partial charge on any atom is -0.397 e. The van der Waals surface area contributed by atoms with Gasteiger partial charge in [0.25, 0.3) is 0 Å². The van der Waals surface area contributed by atoms with Crippen LogP contribution in [0.1, 0.15) is 0 Å². The normalized spacial score (nSPS) is 10.3. The van der Waals surface area contributed by atoms with Crippen LogP contribution >= 0.6 is 27.5 Å². The Balaban J connectivity index is 2.55. The van der Waals surface area contributed by atoms with Gasteiger partial charge in [0.05, 0.1) is 17.6 Å². The average Bonchev–Trinajstić information content (AvgIpc) is 2.23. The van der Waals surface area contributed by atoms with E-state index in [2.05, 4.69) is 20.9 Å². The molecule has 0 aliphatic rings. The van der Waals surface area contributed by atoms with E-state index in [1.54, 1.807) is 6.20 Å². The summed E-state index contributed by atoms with van der Waals surface area (Å²) >= 11 is 9.42. The minimum atomic E-state index is 0.616. The first kappa shape index (κ1) is 10.5. The zero-order valence-corrected chi connectivity index (χ0v) is 10.1. The summed E-state index contributed by atoms with van der Waals surface area (Å²) in [7, 11) is 0. The van der Waals surface area contributed by atoms with Gasteiger partial charge in [-0.25, -0.2) is 0 Å². The first-order chi connectivity index (χ1) is 7.18. The fourth-order valence-corrected chi connectivity index (χ4v) is 1.81. The van der Waals surface area contributed by atoms with Gasteiger partial charge in [0.1, 0.15) is 0 Å². The molecule has 1 aromatic carbocycles. The zero-order valence-electron chi connectivity index (χ0n) is 7.74. The van der Waals surface area contributed by atoms with Gasteiger partial charge in [0.2, 0.25) is 0 Å². The van der Waals surface area contributed by atoms with E-state index in [0.717, 1.165) is 15.7 Å². The summed E-state index contributed by atoms with van der Waals surface area (Å²) in [6.45, 7) is 0. The first-order valence-corrected chi connectivity index (χ1v) is 5.51. The van der Waals surface area contributed by atoms with E-state index in [1.807, 2.05) is 30.3 Å². The summed E-state index contributed by atoms with van der Waals surface area (Å²) in [6.07, 6.45) is 1.61. The van der Waals surface area contributed by atoms with Gasteiger partial charge < -0.3 is 5.73 Å². The largest absolute Gasteiger partial charge is 0.397 e. The van der Waals surface area contributed by atoms with Crippen LogP contribution in [0.4, 0.5) is 5.69 Å². The molecule has 0 fully saturated rings. The Morgan fingerprint density at radius 1 is 1.27 bits per heavy atom. The highest BCUT2D eigenvalue weighted by Crippen LogP contribution is 2.29. The average molecular weight is 284 g/mol. The maximum atomic E-state index is 6.06. The van der Waals surface area contributed by atoms with Crippen molar-refractivity contribution in [2.45, 2.75) is 0 Å².